The molecule has 23 heavy (non-hydrogen) atoms. The summed E-state index contributed by atoms with van der Waals surface area (Å²) in [6.45, 7) is 3.28. The number of rotatable bonds is 6. The topological polar surface area (TPSA) is 109 Å². The van der Waals surface area contributed by atoms with E-state index in [1.165, 1.54) is 19.1 Å². The molecule has 2 rings (SSSR count). The van der Waals surface area contributed by atoms with Crippen LogP contribution in [0.25, 0.3) is 0 Å². The first kappa shape index (κ1) is 16.4. The van der Waals surface area contributed by atoms with E-state index in [2.05, 4.69) is 15.4 Å². The largest absolute Gasteiger partial charge is 0.464 e. The fraction of sp³-hybridized carbons (Fsp3) is 0.357. The van der Waals surface area contributed by atoms with Gasteiger partial charge in [0.25, 0.3) is 5.69 Å². The van der Waals surface area contributed by atoms with Gasteiger partial charge in [-0.2, -0.15) is 5.10 Å². The molecule has 9 nitrogen and oxygen atoms in total. The molecule has 0 fully saturated rings. The van der Waals surface area contributed by atoms with Gasteiger partial charge in [0.15, 0.2) is 0 Å². The first-order valence-corrected chi connectivity index (χ1v) is 7.04. The van der Waals surface area contributed by atoms with Crippen LogP contribution in [0, 0.1) is 10.1 Å². The number of aliphatic imine (C=N–C) groups is 1. The average molecular weight is 319 g/mol. The molecule has 0 spiro atoms. The van der Waals surface area contributed by atoms with Crippen LogP contribution in [-0.4, -0.2) is 54.3 Å². The van der Waals surface area contributed by atoms with Crippen LogP contribution in [0.15, 0.2) is 34.4 Å². The predicted octanol–water partition coefficient (Wildman–Crippen LogP) is 0.753. The molecule has 0 saturated carbocycles. The maximum absolute atomic E-state index is 10.8. The van der Waals surface area contributed by atoms with Crippen molar-refractivity contribution in [1.82, 2.24) is 10.3 Å². The van der Waals surface area contributed by atoms with Gasteiger partial charge in [0.1, 0.15) is 6.61 Å². The van der Waals surface area contributed by atoms with Gasteiger partial charge in [-0.3, -0.25) is 14.9 Å². The van der Waals surface area contributed by atoms with Crippen molar-refractivity contribution in [3.8, 4) is 0 Å². The number of carbonyl (C=O) groups is 1. The Morgan fingerprint density at radius 3 is 2.83 bits per heavy atom. The Bertz CT molecular complexity index is 627. The number of hydrogen-bond donors (Lipinski definition) is 1. The summed E-state index contributed by atoms with van der Waals surface area (Å²) in [4.78, 5) is 25.3. The zero-order valence-corrected chi connectivity index (χ0v) is 12.6. The van der Waals surface area contributed by atoms with Crippen molar-refractivity contribution in [1.29, 1.82) is 0 Å². The summed E-state index contributed by atoms with van der Waals surface area (Å²) in [5.74, 6) is 0.251. The number of esters is 1. The highest BCUT2D eigenvalue weighted by molar-refractivity contribution is 5.85. The van der Waals surface area contributed by atoms with Crippen molar-refractivity contribution in [2.45, 2.75) is 6.92 Å². The highest BCUT2D eigenvalue weighted by Crippen LogP contribution is 2.10. The van der Waals surface area contributed by atoms with Crippen LogP contribution < -0.4 is 5.32 Å². The number of nitro groups is 1. The Balaban J connectivity index is 2.03. The Labute approximate surface area is 132 Å². The Morgan fingerprint density at radius 2 is 2.26 bits per heavy atom. The first-order valence-electron chi connectivity index (χ1n) is 7.04. The Morgan fingerprint density at radius 1 is 1.52 bits per heavy atom. The molecule has 0 atom stereocenters. The van der Waals surface area contributed by atoms with Crippen LogP contribution >= 0.6 is 0 Å². The summed E-state index contributed by atoms with van der Waals surface area (Å²) in [7, 11) is 0. The molecule has 0 aliphatic carbocycles. The number of nitrogens with one attached hydrogen (secondary N) is 1. The number of non-ortho nitro benzene ring substituents is 1. The van der Waals surface area contributed by atoms with Gasteiger partial charge in [0, 0.05) is 25.6 Å². The van der Waals surface area contributed by atoms with E-state index in [4.69, 9.17) is 4.74 Å². The molecule has 0 unspecified atom stereocenters. The maximum atomic E-state index is 10.8. The second kappa shape index (κ2) is 7.87. The molecule has 0 bridgehead atoms. The number of guanidine groups is 1. The zero-order valence-electron chi connectivity index (χ0n) is 12.6. The van der Waals surface area contributed by atoms with E-state index in [-0.39, 0.29) is 18.3 Å². The second-order valence-corrected chi connectivity index (χ2v) is 4.69. The third kappa shape index (κ3) is 5.06. The summed E-state index contributed by atoms with van der Waals surface area (Å²) in [5, 5.41) is 19.6. The van der Waals surface area contributed by atoms with Gasteiger partial charge in [-0.25, -0.2) is 10.0 Å². The van der Waals surface area contributed by atoms with Gasteiger partial charge in [-0.05, 0) is 17.7 Å². The molecular weight excluding hydrogens is 302 g/mol. The molecule has 9 heteroatoms. The highest BCUT2D eigenvalue weighted by atomic mass is 16.6. The third-order valence-corrected chi connectivity index (χ3v) is 2.96. The fourth-order valence-electron chi connectivity index (χ4n) is 1.87. The lowest BCUT2D eigenvalue weighted by molar-refractivity contribution is -0.384. The lowest BCUT2D eigenvalue weighted by Gasteiger charge is -2.18. The van der Waals surface area contributed by atoms with E-state index < -0.39 is 4.92 Å². The van der Waals surface area contributed by atoms with Crippen molar-refractivity contribution in [3.63, 3.8) is 0 Å². The van der Waals surface area contributed by atoms with E-state index in [9.17, 15) is 14.9 Å². The lowest BCUT2D eigenvalue weighted by atomic mass is 10.2. The van der Waals surface area contributed by atoms with Crippen molar-refractivity contribution in [2.24, 2.45) is 10.1 Å². The van der Waals surface area contributed by atoms with E-state index in [1.54, 1.807) is 23.4 Å². The quantitative estimate of drug-likeness (QED) is 0.359. The number of carbonyl (C=O) groups excluding carboxylic acids is 1. The first-order chi connectivity index (χ1) is 11.1. The van der Waals surface area contributed by atoms with Crippen LogP contribution in [-0.2, 0) is 9.53 Å². The van der Waals surface area contributed by atoms with E-state index in [0.717, 1.165) is 6.54 Å². The van der Waals surface area contributed by atoms with Gasteiger partial charge in [0.2, 0.25) is 5.96 Å². The number of hydrazone groups is 1. The molecule has 1 aromatic carbocycles. The van der Waals surface area contributed by atoms with Gasteiger partial charge < -0.3 is 10.1 Å². The normalized spacial score (nSPS) is 13.5. The minimum atomic E-state index is -0.455. The molecule has 0 radical (unpaired) electrons. The van der Waals surface area contributed by atoms with Crippen LogP contribution in [0.1, 0.15) is 12.5 Å². The summed E-state index contributed by atoms with van der Waals surface area (Å²) >= 11 is 0. The number of benzene rings is 1. The van der Waals surface area contributed by atoms with Crippen molar-refractivity contribution < 1.29 is 14.5 Å². The summed E-state index contributed by atoms with van der Waals surface area (Å²) in [5.41, 5.74) is 0.738. The maximum Gasteiger partial charge on any atom is 0.302 e. The number of ether oxygens (including phenoxy) is 1. The summed E-state index contributed by atoms with van der Waals surface area (Å²) in [6, 6.07) is 6.04. The van der Waals surface area contributed by atoms with Crippen molar-refractivity contribution >= 4 is 23.8 Å². The van der Waals surface area contributed by atoms with Gasteiger partial charge in [0.05, 0.1) is 24.2 Å². The molecule has 0 saturated heterocycles. The number of nitrogens with zero attached hydrogens (tertiary/aromatic N) is 4. The Kier molecular flexibility index (Phi) is 5.61. The molecule has 1 aromatic rings. The van der Waals surface area contributed by atoms with E-state index in [1.807, 2.05) is 0 Å². The number of hydrogen-bond acceptors (Lipinski definition) is 8. The fourth-order valence-corrected chi connectivity index (χ4v) is 1.87. The molecule has 122 valence electrons. The summed E-state index contributed by atoms with van der Waals surface area (Å²) in [6.07, 6.45) is 1.57. The molecule has 1 aliphatic rings. The summed E-state index contributed by atoms with van der Waals surface area (Å²) < 4.78 is 4.91. The standard InChI is InChI=1S/C14H17N5O4/c1-11(20)23-9-8-18(14-15-6-7-16-14)17-10-12-2-4-13(5-3-12)19(21)22/h2-5,10H,6-9H2,1H3,(H,15,16)/b17-10+. The van der Waals surface area contributed by atoms with Gasteiger partial charge >= 0.3 is 5.97 Å². The minimum absolute atomic E-state index is 0.0238. The lowest BCUT2D eigenvalue weighted by Crippen LogP contribution is -2.37. The number of nitro benzene ring substituents is 1. The van der Waals surface area contributed by atoms with E-state index in [0.29, 0.717) is 24.6 Å². The van der Waals surface area contributed by atoms with Crippen molar-refractivity contribution in [3.05, 3.63) is 39.9 Å². The molecule has 0 amide bonds. The highest BCUT2D eigenvalue weighted by Gasteiger charge is 2.14. The molecule has 0 aromatic heterocycles. The van der Waals surface area contributed by atoms with Gasteiger partial charge in [-0.15, -0.1) is 0 Å². The average Bonchev–Trinajstić information content (AvgIpc) is 3.05. The molecule has 1 heterocycles. The molecular formula is C14H17N5O4. The zero-order chi connectivity index (χ0) is 16.7. The second-order valence-electron chi connectivity index (χ2n) is 4.69. The predicted molar refractivity (Wildman–Crippen MR) is 84.3 cm³/mol. The van der Waals surface area contributed by atoms with Gasteiger partial charge in [-0.1, -0.05) is 0 Å². The molecule has 1 aliphatic heterocycles. The third-order valence-electron chi connectivity index (χ3n) is 2.96. The smallest absolute Gasteiger partial charge is 0.302 e. The van der Waals surface area contributed by atoms with Crippen LogP contribution in [0.3, 0.4) is 0 Å². The minimum Gasteiger partial charge on any atom is -0.464 e. The monoisotopic (exact) mass is 319 g/mol. The van der Waals surface area contributed by atoms with Crippen LogP contribution in [0.4, 0.5) is 5.69 Å². The Hall–Kier alpha value is -2.97. The SMILES string of the molecule is CC(=O)OCCN(/N=C/c1ccc([N+](=O)[O-])cc1)C1=NCCN1. The van der Waals surface area contributed by atoms with Crippen LogP contribution in [0.5, 0.6) is 0 Å². The molecule has 1 N–H and O–H groups in total. The van der Waals surface area contributed by atoms with E-state index >= 15 is 0 Å². The van der Waals surface area contributed by atoms with Crippen LogP contribution in [0.2, 0.25) is 0 Å². The van der Waals surface area contributed by atoms with Crippen molar-refractivity contribution in [2.75, 3.05) is 26.2 Å².